The first-order valence-electron chi connectivity index (χ1n) is 13.5. The average molecular weight is 579 g/mol. The van der Waals surface area contributed by atoms with Crippen molar-refractivity contribution in [3.8, 4) is 5.75 Å². The van der Waals surface area contributed by atoms with Gasteiger partial charge in [-0.25, -0.2) is 4.98 Å². The fourth-order valence-corrected chi connectivity index (χ4v) is 7.44. The van der Waals surface area contributed by atoms with Crippen molar-refractivity contribution in [2.24, 2.45) is 0 Å². The number of hydrogen-bond donors (Lipinski definition) is 2. The van der Waals surface area contributed by atoms with E-state index in [4.69, 9.17) is 16.3 Å². The molecule has 2 N–H and O–H groups in total. The highest BCUT2D eigenvalue weighted by atomic mass is 35.5. The van der Waals surface area contributed by atoms with E-state index in [1.165, 1.54) is 5.57 Å². The number of nitrogens with one attached hydrogen (secondary N) is 2. The highest BCUT2D eigenvalue weighted by Crippen LogP contribution is 2.45. The van der Waals surface area contributed by atoms with E-state index in [0.717, 1.165) is 61.4 Å². The molecule has 2 aliphatic rings. The normalized spacial score (nSPS) is 17.2. The van der Waals surface area contributed by atoms with Crippen LogP contribution in [0.3, 0.4) is 0 Å². The Morgan fingerprint density at radius 3 is 2.62 bits per heavy atom. The van der Waals surface area contributed by atoms with Gasteiger partial charge >= 0.3 is 0 Å². The van der Waals surface area contributed by atoms with Gasteiger partial charge in [0.25, 0.3) is 0 Å². The molecule has 1 aromatic heterocycles. The summed E-state index contributed by atoms with van der Waals surface area (Å²) in [6.07, 6.45) is 10.3. The van der Waals surface area contributed by atoms with Crippen LogP contribution in [0.4, 0.5) is 28.8 Å². The molecule has 8 nitrogen and oxygen atoms in total. The number of anilines is 5. The summed E-state index contributed by atoms with van der Waals surface area (Å²) in [7, 11) is 1.11. The van der Waals surface area contributed by atoms with Gasteiger partial charge in [-0.3, -0.25) is 0 Å². The Hall–Kier alpha value is -3.32. The first-order chi connectivity index (χ1) is 19.3. The van der Waals surface area contributed by atoms with E-state index in [1.54, 1.807) is 13.3 Å². The molecule has 1 aliphatic carbocycles. The van der Waals surface area contributed by atoms with Crippen LogP contribution < -0.4 is 25.6 Å². The van der Waals surface area contributed by atoms with Gasteiger partial charge in [0.15, 0.2) is 5.82 Å². The van der Waals surface area contributed by atoms with E-state index in [2.05, 4.69) is 55.7 Å². The third-order valence-corrected chi connectivity index (χ3v) is 10.0. The molecule has 3 aromatic rings. The number of ether oxygens (including phenoxy) is 1. The highest BCUT2D eigenvalue weighted by Gasteiger charge is 2.24. The number of benzene rings is 2. The largest absolute Gasteiger partial charge is 0.494 e. The van der Waals surface area contributed by atoms with Gasteiger partial charge in [-0.05, 0) is 50.8 Å². The summed E-state index contributed by atoms with van der Waals surface area (Å²) in [6.45, 7) is 5.86. The molecule has 0 amide bonds. The Morgan fingerprint density at radius 1 is 1.07 bits per heavy atom. The van der Waals surface area contributed by atoms with Crippen molar-refractivity contribution < 1.29 is 9.30 Å². The van der Waals surface area contributed by atoms with Crippen molar-refractivity contribution >= 4 is 52.9 Å². The summed E-state index contributed by atoms with van der Waals surface area (Å²) in [5.74, 6) is 1.50. The predicted octanol–water partition coefficient (Wildman–Crippen LogP) is 6.27. The first kappa shape index (κ1) is 28.2. The molecule has 2 aromatic carbocycles. The van der Waals surface area contributed by atoms with E-state index >= 15 is 0 Å². The number of halogens is 1. The van der Waals surface area contributed by atoms with Crippen molar-refractivity contribution in [2.45, 2.75) is 12.8 Å². The second kappa shape index (κ2) is 12.5. The van der Waals surface area contributed by atoms with Gasteiger partial charge < -0.3 is 29.7 Å². The molecule has 40 heavy (non-hydrogen) atoms. The van der Waals surface area contributed by atoms with E-state index in [1.807, 2.05) is 49.1 Å². The monoisotopic (exact) mass is 578 g/mol. The van der Waals surface area contributed by atoms with Crippen LogP contribution in [-0.4, -0.2) is 68.0 Å². The van der Waals surface area contributed by atoms with Gasteiger partial charge in [0.05, 0.1) is 24.7 Å². The van der Waals surface area contributed by atoms with Crippen molar-refractivity contribution in [1.82, 2.24) is 14.9 Å². The molecule has 1 saturated heterocycles. The summed E-state index contributed by atoms with van der Waals surface area (Å²) >= 11 is 6.51. The first-order valence-corrected chi connectivity index (χ1v) is 16.2. The predicted molar refractivity (Wildman–Crippen MR) is 167 cm³/mol. The zero-order chi connectivity index (χ0) is 28.1. The Balaban J connectivity index is 1.36. The molecule has 210 valence electrons. The van der Waals surface area contributed by atoms with Crippen LogP contribution in [0.25, 0.3) is 0 Å². The molecule has 0 radical (unpaired) electrons. The maximum atomic E-state index is 13.9. The molecule has 1 aliphatic heterocycles. The van der Waals surface area contributed by atoms with Crippen LogP contribution in [0, 0.1) is 0 Å². The number of aromatic nitrogens is 2. The van der Waals surface area contributed by atoms with Crippen LogP contribution in [0.15, 0.2) is 72.5 Å². The van der Waals surface area contributed by atoms with Crippen LogP contribution >= 0.6 is 18.7 Å². The molecule has 2 heterocycles. The molecule has 0 bridgehead atoms. The highest BCUT2D eigenvalue weighted by molar-refractivity contribution is 7.71. The molecule has 5 rings (SSSR count). The van der Waals surface area contributed by atoms with E-state index in [9.17, 15) is 4.57 Å². The van der Waals surface area contributed by atoms with E-state index in [-0.39, 0.29) is 0 Å². The maximum Gasteiger partial charge on any atom is 0.229 e. The molecular formula is C30H36ClN6O2P. The van der Waals surface area contributed by atoms with Gasteiger partial charge in [-0.2, -0.15) is 4.98 Å². The zero-order valence-electron chi connectivity index (χ0n) is 23.2. The number of allylic oxidation sites excluding steroid dienone is 4. The van der Waals surface area contributed by atoms with Crippen molar-refractivity contribution in [2.75, 3.05) is 68.7 Å². The number of para-hydroxylation sites is 1. The number of piperazine rings is 1. The van der Waals surface area contributed by atoms with Crippen LogP contribution in [0.2, 0.25) is 5.02 Å². The average Bonchev–Trinajstić information content (AvgIpc) is 2.96. The molecule has 10 heteroatoms. The Morgan fingerprint density at radius 2 is 1.88 bits per heavy atom. The zero-order valence-corrected chi connectivity index (χ0v) is 24.9. The molecule has 0 spiro atoms. The summed E-state index contributed by atoms with van der Waals surface area (Å²) in [4.78, 5) is 13.7. The number of nitrogens with zero attached hydrogens (tertiary/aromatic N) is 4. The SMILES string of the molecule is COc1cc(N2CCN(C)CC2)ccc1Nc1ncc(Cl)c(Nc2ccccc2P(C)(=O)CC2=CC=CCC2)n1. The van der Waals surface area contributed by atoms with Gasteiger partial charge in [-0.1, -0.05) is 47.5 Å². The van der Waals surface area contributed by atoms with E-state index < -0.39 is 7.14 Å². The minimum absolute atomic E-state index is 0.365. The number of likely N-dealkylation sites (N-methyl/N-ethyl adjacent to an activating group) is 1. The Kier molecular flexibility index (Phi) is 8.79. The molecule has 1 unspecified atom stereocenters. The fourth-order valence-electron chi connectivity index (χ4n) is 5.06. The number of hydrogen-bond acceptors (Lipinski definition) is 8. The lowest BCUT2D eigenvalue weighted by atomic mass is 10.1. The van der Waals surface area contributed by atoms with Crippen LogP contribution in [0.5, 0.6) is 5.75 Å². The molecular weight excluding hydrogens is 543 g/mol. The topological polar surface area (TPSA) is 82.6 Å². The van der Waals surface area contributed by atoms with Crippen LogP contribution in [0.1, 0.15) is 12.8 Å². The third-order valence-electron chi connectivity index (χ3n) is 7.32. The molecule has 1 fully saturated rings. The van der Waals surface area contributed by atoms with Crippen molar-refractivity contribution in [3.05, 3.63) is 77.5 Å². The van der Waals surface area contributed by atoms with E-state index in [0.29, 0.717) is 28.7 Å². The quantitative estimate of drug-likeness (QED) is 0.287. The lowest BCUT2D eigenvalue weighted by Gasteiger charge is -2.34. The van der Waals surface area contributed by atoms with Gasteiger partial charge in [0.2, 0.25) is 5.95 Å². The number of rotatable bonds is 9. The third kappa shape index (κ3) is 6.69. The minimum Gasteiger partial charge on any atom is -0.494 e. The van der Waals surface area contributed by atoms with Crippen LogP contribution in [-0.2, 0) is 4.57 Å². The van der Waals surface area contributed by atoms with Gasteiger partial charge in [-0.15, -0.1) is 0 Å². The van der Waals surface area contributed by atoms with Crippen molar-refractivity contribution in [1.29, 1.82) is 0 Å². The summed E-state index contributed by atoms with van der Waals surface area (Å²) in [5, 5.41) is 7.73. The summed E-state index contributed by atoms with van der Waals surface area (Å²) < 4.78 is 19.6. The lowest BCUT2D eigenvalue weighted by molar-refractivity contribution is 0.312. The van der Waals surface area contributed by atoms with Gasteiger partial charge in [0.1, 0.15) is 17.9 Å². The minimum atomic E-state index is -2.69. The lowest BCUT2D eigenvalue weighted by Crippen LogP contribution is -2.44. The smallest absolute Gasteiger partial charge is 0.229 e. The summed E-state index contributed by atoms with van der Waals surface area (Å²) in [5.41, 5.74) is 3.81. The molecule has 1 atom stereocenters. The van der Waals surface area contributed by atoms with Crippen molar-refractivity contribution in [3.63, 3.8) is 0 Å². The fraction of sp³-hybridized carbons (Fsp3) is 0.333. The standard InChI is InChI=1S/C30H36ClN6O2P/c1-36-15-17-37(18-16-36)23-13-14-25(27(19-23)39-2)34-30-32-20-24(31)29(35-30)33-26-11-7-8-12-28(26)40(3,38)21-22-9-5-4-6-10-22/h4-5,7-9,11-14,19-20H,6,10,15-18,21H2,1-3H3,(H2,32,33,34,35). The Labute approximate surface area is 241 Å². The Bertz CT molecular complexity index is 1470. The molecule has 0 saturated carbocycles. The second-order valence-electron chi connectivity index (χ2n) is 10.4. The van der Waals surface area contributed by atoms with Gasteiger partial charge in [0, 0.05) is 49.4 Å². The summed E-state index contributed by atoms with van der Waals surface area (Å²) in [6, 6.07) is 13.8. The second-order valence-corrected chi connectivity index (χ2v) is 13.8. The maximum absolute atomic E-state index is 13.9. The number of methoxy groups -OCH3 is 1.